The number of anilines is 1. The zero-order valence-corrected chi connectivity index (χ0v) is 13.1. The van der Waals surface area contributed by atoms with Crippen molar-refractivity contribution in [2.75, 3.05) is 5.32 Å². The van der Waals surface area contributed by atoms with Crippen LogP contribution in [0.2, 0.25) is 0 Å². The molecule has 5 nitrogen and oxygen atoms in total. The highest BCUT2D eigenvalue weighted by Crippen LogP contribution is 2.33. The highest BCUT2D eigenvalue weighted by molar-refractivity contribution is 7.10. The van der Waals surface area contributed by atoms with Crippen LogP contribution in [0.15, 0.2) is 29.9 Å². The van der Waals surface area contributed by atoms with E-state index in [2.05, 4.69) is 27.1 Å². The molecule has 2 heterocycles. The van der Waals surface area contributed by atoms with Gasteiger partial charge in [0.1, 0.15) is 0 Å². The van der Waals surface area contributed by atoms with Crippen LogP contribution >= 0.6 is 11.3 Å². The summed E-state index contributed by atoms with van der Waals surface area (Å²) >= 11 is 1.75. The Labute approximate surface area is 132 Å². The molecule has 22 heavy (non-hydrogen) atoms. The average molecular weight is 315 g/mol. The Balaban J connectivity index is 1.80. The fourth-order valence-corrected chi connectivity index (χ4v) is 3.74. The highest BCUT2D eigenvalue weighted by atomic mass is 32.1. The van der Waals surface area contributed by atoms with Gasteiger partial charge in [0.2, 0.25) is 5.91 Å². The Bertz CT molecular complexity index is 711. The number of carbonyl (C=O) groups excluding carboxylic acids is 2. The Morgan fingerprint density at radius 2 is 2.23 bits per heavy atom. The molecule has 2 aromatic rings. The van der Waals surface area contributed by atoms with Crippen molar-refractivity contribution in [1.29, 1.82) is 0 Å². The average Bonchev–Trinajstić information content (AvgIpc) is 2.96. The van der Waals surface area contributed by atoms with E-state index in [9.17, 15) is 9.59 Å². The fraction of sp³-hybridized carbons (Fsp3) is 0.312. The molecule has 0 saturated heterocycles. The molecule has 2 N–H and O–H groups in total. The van der Waals surface area contributed by atoms with Gasteiger partial charge in [0.05, 0.1) is 23.5 Å². The van der Waals surface area contributed by atoms with Gasteiger partial charge in [-0.15, -0.1) is 11.3 Å². The maximum atomic E-state index is 12.6. The first-order valence-corrected chi connectivity index (χ1v) is 8.12. The second kappa shape index (κ2) is 6.27. The number of thiophene rings is 1. The number of fused-ring (bicyclic) bond motifs is 1. The second-order valence-electron chi connectivity index (χ2n) is 5.32. The zero-order valence-electron chi connectivity index (χ0n) is 12.3. The van der Waals surface area contributed by atoms with Crippen LogP contribution in [0.3, 0.4) is 0 Å². The molecule has 0 aromatic carbocycles. The molecule has 2 amide bonds. The van der Waals surface area contributed by atoms with Crippen molar-refractivity contribution in [3.63, 3.8) is 0 Å². The van der Waals surface area contributed by atoms with E-state index in [1.54, 1.807) is 23.6 Å². The van der Waals surface area contributed by atoms with Crippen LogP contribution < -0.4 is 10.6 Å². The molecule has 1 aliphatic rings. The van der Waals surface area contributed by atoms with Crippen LogP contribution in [-0.2, 0) is 11.2 Å². The molecule has 1 aliphatic carbocycles. The zero-order chi connectivity index (χ0) is 15.5. The van der Waals surface area contributed by atoms with Gasteiger partial charge in [-0.3, -0.25) is 14.6 Å². The molecule has 114 valence electrons. The van der Waals surface area contributed by atoms with Crippen LogP contribution in [0.25, 0.3) is 0 Å². The number of pyridine rings is 1. The number of carbonyl (C=O) groups is 2. The van der Waals surface area contributed by atoms with E-state index in [0.29, 0.717) is 11.3 Å². The Morgan fingerprint density at radius 1 is 1.36 bits per heavy atom. The summed E-state index contributed by atoms with van der Waals surface area (Å²) in [4.78, 5) is 29.1. The normalized spacial score (nSPS) is 16.7. The summed E-state index contributed by atoms with van der Waals surface area (Å²) in [5, 5.41) is 7.80. The van der Waals surface area contributed by atoms with Gasteiger partial charge < -0.3 is 10.6 Å². The number of hydrogen-bond acceptors (Lipinski definition) is 4. The minimum Gasteiger partial charge on any atom is -0.345 e. The lowest BCUT2D eigenvalue weighted by atomic mass is 9.94. The Hall–Kier alpha value is -2.21. The summed E-state index contributed by atoms with van der Waals surface area (Å²) in [6.45, 7) is 1.41. The summed E-state index contributed by atoms with van der Waals surface area (Å²) < 4.78 is 0. The third-order valence-electron chi connectivity index (χ3n) is 3.73. The molecule has 0 saturated carbocycles. The third-order valence-corrected chi connectivity index (χ3v) is 4.73. The minimum atomic E-state index is -0.222. The molecule has 6 heteroatoms. The highest BCUT2D eigenvalue weighted by Gasteiger charge is 2.24. The largest absolute Gasteiger partial charge is 0.345 e. The lowest BCUT2D eigenvalue weighted by molar-refractivity contribution is -0.114. The van der Waals surface area contributed by atoms with Crippen LogP contribution in [0.5, 0.6) is 0 Å². The maximum absolute atomic E-state index is 12.6. The van der Waals surface area contributed by atoms with E-state index in [1.165, 1.54) is 23.6 Å². The van der Waals surface area contributed by atoms with Crippen molar-refractivity contribution in [3.05, 3.63) is 45.9 Å². The van der Waals surface area contributed by atoms with Gasteiger partial charge >= 0.3 is 0 Å². The second-order valence-corrected chi connectivity index (χ2v) is 6.32. The first-order chi connectivity index (χ1) is 10.6. The minimum absolute atomic E-state index is 0.0424. The van der Waals surface area contributed by atoms with Gasteiger partial charge in [-0.05, 0) is 42.3 Å². The summed E-state index contributed by atoms with van der Waals surface area (Å²) in [5.74, 6) is -0.407. The molecule has 0 spiro atoms. The number of rotatable bonds is 3. The maximum Gasteiger partial charge on any atom is 0.253 e. The van der Waals surface area contributed by atoms with E-state index >= 15 is 0 Å². The van der Waals surface area contributed by atoms with Gasteiger partial charge in [-0.2, -0.15) is 0 Å². The van der Waals surface area contributed by atoms with Crippen LogP contribution in [0, 0.1) is 0 Å². The predicted octanol–water partition coefficient (Wildman–Crippen LogP) is 2.91. The first-order valence-electron chi connectivity index (χ1n) is 7.24. The number of nitrogens with zero attached hydrogens (tertiary/aromatic N) is 1. The number of hydrogen-bond donors (Lipinski definition) is 2. The Morgan fingerprint density at radius 3 is 3.05 bits per heavy atom. The van der Waals surface area contributed by atoms with E-state index in [1.807, 2.05) is 0 Å². The lowest BCUT2D eigenvalue weighted by Gasteiger charge is -2.24. The molecular weight excluding hydrogens is 298 g/mol. The number of aryl methyl sites for hydroxylation is 1. The third kappa shape index (κ3) is 3.01. The smallest absolute Gasteiger partial charge is 0.253 e. The van der Waals surface area contributed by atoms with Gasteiger partial charge in [0, 0.05) is 18.0 Å². The van der Waals surface area contributed by atoms with Crippen molar-refractivity contribution in [3.8, 4) is 0 Å². The summed E-state index contributed by atoms with van der Waals surface area (Å²) in [5.41, 5.74) is 2.10. The van der Waals surface area contributed by atoms with E-state index < -0.39 is 0 Å². The molecule has 0 aliphatic heterocycles. The quantitative estimate of drug-likeness (QED) is 0.915. The number of nitrogens with one attached hydrogen (secondary N) is 2. The van der Waals surface area contributed by atoms with E-state index in [4.69, 9.17) is 0 Å². The number of aromatic nitrogens is 1. The van der Waals surface area contributed by atoms with Gasteiger partial charge in [0.25, 0.3) is 5.91 Å². The first kappa shape index (κ1) is 14.7. The van der Waals surface area contributed by atoms with Crippen molar-refractivity contribution in [2.24, 2.45) is 0 Å². The molecule has 0 bridgehead atoms. The summed E-state index contributed by atoms with van der Waals surface area (Å²) in [6.07, 6.45) is 6.15. The van der Waals surface area contributed by atoms with Crippen LogP contribution in [0.1, 0.15) is 46.6 Å². The Kier molecular flexibility index (Phi) is 4.20. The van der Waals surface area contributed by atoms with Crippen molar-refractivity contribution < 1.29 is 9.59 Å². The van der Waals surface area contributed by atoms with E-state index in [-0.39, 0.29) is 17.9 Å². The van der Waals surface area contributed by atoms with Crippen LogP contribution in [0.4, 0.5) is 5.69 Å². The molecule has 0 radical (unpaired) electrons. The van der Waals surface area contributed by atoms with Crippen molar-refractivity contribution >= 4 is 28.8 Å². The monoisotopic (exact) mass is 315 g/mol. The molecule has 1 atom stereocenters. The molecule has 1 unspecified atom stereocenters. The lowest BCUT2D eigenvalue weighted by Crippen LogP contribution is -2.31. The molecular formula is C16H17N3O2S. The summed E-state index contributed by atoms with van der Waals surface area (Å²) in [6, 6.07) is 3.75. The fourth-order valence-electron chi connectivity index (χ4n) is 2.75. The van der Waals surface area contributed by atoms with Gasteiger partial charge in [0.15, 0.2) is 0 Å². The van der Waals surface area contributed by atoms with Crippen molar-refractivity contribution in [1.82, 2.24) is 10.3 Å². The number of amides is 2. The standard InChI is InChI=1S/C16H17N3O2S/c1-10(20)18-14-9-17-7-5-12(14)16(21)19-13-3-2-4-15-11(13)6-8-22-15/h5-9,13H,2-4H2,1H3,(H,18,20)(H,19,21). The predicted molar refractivity (Wildman–Crippen MR) is 86.0 cm³/mol. The van der Waals surface area contributed by atoms with Crippen molar-refractivity contribution in [2.45, 2.75) is 32.2 Å². The molecule has 3 rings (SSSR count). The SMILES string of the molecule is CC(=O)Nc1cnccc1C(=O)NC1CCCc2sccc21. The van der Waals surface area contributed by atoms with E-state index in [0.717, 1.165) is 19.3 Å². The van der Waals surface area contributed by atoms with Gasteiger partial charge in [-0.1, -0.05) is 0 Å². The molecule has 2 aromatic heterocycles. The van der Waals surface area contributed by atoms with Crippen LogP contribution in [-0.4, -0.2) is 16.8 Å². The topological polar surface area (TPSA) is 71.1 Å². The summed E-state index contributed by atoms with van der Waals surface area (Å²) in [7, 11) is 0. The van der Waals surface area contributed by atoms with Gasteiger partial charge in [-0.25, -0.2) is 0 Å². The molecule has 0 fully saturated rings.